The van der Waals surface area contributed by atoms with E-state index >= 15 is 0 Å². The summed E-state index contributed by atoms with van der Waals surface area (Å²) in [5, 5.41) is 9.11. The molecular weight excluding hydrogens is 285 g/mol. The first-order chi connectivity index (χ1) is 8.44. The molecule has 0 aromatic carbocycles. The van der Waals surface area contributed by atoms with Gasteiger partial charge in [-0.1, -0.05) is 6.92 Å². The van der Waals surface area contributed by atoms with Crippen LogP contribution in [0.1, 0.15) is 19.8 Å². The molecule has 0 fully saturated rings. The molecule has 0 spiro atoms. The van der Waals surface area contributed by atoms with Gasteiger partial charge in [0.2, 0.25) is 5.41 Å². The van der Waals surface area contributed by atoms with Crippen LogP contribution in [0.15, 0.2) is 11.8 Å². The average Bonchev–Trinajstić information content (AvgIpc) is 2.14. The highest BCUT2D eigenvalue weighted by atomic mass is 19.4. The maximum Gasteiger partial charge on any atom is 0.410 e. The van der Waals surface area contributed by atoms with Gasteiger partial charge in [-0.15, -0.1) is 0 Å². The summed E-state index contributed by atoms with van der Waals surface area (Å²) in [6, 6.07) is 0. The van der Waals surface area contributed by atoms with Crippen molar-refractivity contribution in [2.24, 2.45) is 5.41 Å². The molecule has 0 saturated carbocycles. The van der Waals surface area contributed by atoms with Gasteiger partial charge < -0.3 is 5.11 Å². The lowest BCUT2D eigenvalue weighted by atomic mass is 9.80. The Kier molecular flexibility index (Phi) is 5.40. The molecule has 1 N–H and O–H groups in total. The summed E-state index contributed by atoms with van der Waals surface area (Å²) in [4.78, 5) is 10.9. The van der Waals surface area contributed by atoms with E-state index in [0.29, 0.717) is 6.92 Å². The van der Waals surface area contributed by atoms with Gasteiger partial charge in [0.1, 0.15) is 5.76 Å². The minimum Gasteiger partial charge on any atom is -0.511 e. The van der Waals surface area contributed by atoms with Crippen LogP contribution in [0.2, 0.25) is 0 Å². The second-order valence-electron chi connectivity index (χ2n) is 3.69. The molecule has 0 aromatic heterocycles. The maximum atomic E-state index is 12.7. The van der Waals surface area contributed by atoms with E-state index in [2.05, 4.69) is 0 Å². The van der Waals surface area contributed by atoms with E-state index < -0.39 is 48.8 Å². The van der Waals surface area contributed by atoms with Crippen molar-refractivity contribution in [2.45, 2.75) is 32.1 Å². The molecule has 0 saturated heterocycles. The second kappa shape index (κ2) is 5.79. The molecule has 0 aliphatic heterocycles. The minimum absolute atomic E-state index is 0.218. The van der Waals surface area contributed by atoms with Crippen molar-refractivity contribution in [3.8, 4) is 0 Å². The Morgan fingerprint density at radius 3 is 1.79 bits per heavy atom. The molecular formula is C10H11F7O2. The minimum atomic E-state index is -5.84. The topological polar surface area (TPSA) is 37.3 Å². The third-order valence-electron chi connectivity index (χ3n) is 2.57. The van der Waals surface area contributed by atoms with Crippen LogP contribution in [0.5, 0.6) is 0 Å². The summed E-state index contributed by atoms with van der Waals surface area (Å²) in [5.74, 6) is -3.53. The smallest absolute Gasteiger partial charge is 0.410 e. The summed E-state index contributed by atoms with van der Waals surface area (Å²) in [5.41, 5.74) is -4.52. The van der Waals surface area contributed by atoms with Crippen molar-refractivity contribution in [3.63, 3.8) is 0 Å². The highest BCUT2D eigenvalue weighted by Crippen LogP contribution is 2.56. The monoisotopic (exact) mass is 296 g/mol. The van der Waals surface area contributed by atoms with Crippen LogP contribution in [-0.2, 0) is 4.79 Å². The molecule has 9 heteroatoms. The SMILES string of the molecule is CCC(/C(O)=C/C(=O)CCF)(C(F)(F)F)C(F)(F)F. The fourth-order valence-corrected chi connectivity index (χ4v) is 1.47. The zero-order valence-corrected chi connectivity index (χ0v) is 9.70. The van der Waals surface area contributed by atoms with Gasteiger partial charge in [0.25, 0.3) is 0 Å². The van der Waals surface area contributed by atoms with E-state index in [1.807, 2.05) is 0 Å². The average molecular weight is 296 g/mol. The maximum absolute atomic E-state index is 12.7. The zero-order chi connectivity index (χ0) is 15.5. The van der Waals surface area contributed by atoms with Gasteiger partial charge in [0, 0.05) is 12.5 Å². The van der Waals surface area contributed by atoms with Crippen molar-refractivity contribution in [1.82, 2.24) is 0 Å². The summed E-state index contributed by atoms with van der Waals surface area (Å²) < 4.78 is 87.7. The van der Waals surface area contributed by atoms with E-state index in [1.165, 1.54) is 0 Å². The van der Waals surface area contributed by atoms with Crippen molar-refractivity contribution in [2.75, 3.05) is 6.67 Å². The first-order valence-electron chi connectivity index (χ1n) is 5.07. The van der Waals surface area contributed by atoms with E-state index in [-0.39, 0.29) is 6.08 Å². The van der Waals surface area contributed by atoms with E-state index in [4.69, 9.17) is 5.11 Å². The largest absolute Gasteiger partial charge is 0.511 e. The van der Waals surface area contributed by atoms with Crippen LogP contribution in [0, 0.1) is 5.41 Å². The molecule has 0 aliphatic rings. The van der Waals surface area contributed by atoms with Crippen molar-refractivity contribution < 1.29 is 40.6 Å². The normalized spacial score (nSPS) is 14.6. The molecule has 112 valence electrons. The summed E-state index contributed by atoms with van der Waals surface area (Å²) in [6.45, 7) is -0.676. The molecule has 0 radical (unpaired) electrons. The number of aliphatic hydroxyl groups is 1. The van der Waals surface area contributed by atoms with Gasteiger partial charge >= 0.3 is 12.4 Å². The molecule has 0 aromatic rings. The van der Waals surface area contributed by atoms with E-state index in [9.17, 15) is 35.5 Å². The first-order valence-corrected chi connectivity index (χ1v) is 5.07. The Bertz CT molecular complexity index is 340. The Morgan fingerprint density at radius 2 is 1.53 bits per heavy atom. The van der Waals surface area contributed by atoms with Gasteiger partial charge in [-0.2, -0.15) is 26.3 Å². The lowest BCUT2D eigenvalue weighted by Crippen LogP contribution is -2.51. The third kappa shape index (κ3) is 3.38. The third-order valence-corrected chi connectivity index (χ3v) is 2.57. The summed E-state index contributed by atoms with van der Waals surface area (Å²) >= 11 is 0. The van der Waals surface area contributed by atoms with Crippen LogP contribution in [0.4, 0.5) is 30.7 Å². The van der Waals surface area contributed by atoms with Crippen LogP contribution >= 0.6 is 0 Å². The van der Waals surface area contributed by atoms with Crippen molar-refractivity contribution >= 4 is 5.78 Å². The number of hydrogen-bond acceptors (Lipinski definition) is 2. The van der Waals surface area contributed by atoms with Crippen molar-refractivity contribution in [3.05, 3.63) is 11.8 Å². The van der Waals surface area contributed by atoms with E-state index in [1.54, 1.807) is 0 Å². The number of rotatable bonds is 5. The van der Waals surface area contributed by atoms with Gasteiger partial charge in [-0.25, -0.2) is 0 Å². The molecule has 2 nitrogen and oxygen atoms in total. The molecule has 0 amide bonds. The standard InChI is InChI=1S/C10H11F7O2/c1-2-8(9(12,13)14,10(15,16)17)7(19)5-6(18)3-4-11/h5,19H,2-4H2,1H3/b7-5-. The fourth-order valence-electron chi connectivity index (χ4n) is 1.47. The number of ketones is 1. The first kappa shape index (κ1) is 17.7. The number of alkyl halides is 7. The number of carbonyl (C=O) groups excluding carboxylic acids is 1. The number of aliphatic hydroxyl groups excluding tert-OH is 1. The molecule has 0 aliphatic carbocycles. The molecule has 19 heavy (non-hydrogen) atoms. The second-order valence-corrected chi connectivity index (χ2v) is 3.69. The molecule has 0 rings (SSSR count). The number of allylic oxidation sites excluding steroid dienone is 2. The van der Waals surface area contributed by atoms with Crippen LogP contribution in [-0.4, -0.2) is 29.9 Å². The van der Waals surface area contributed by atoms with Crippen LogP contribution in [0.3, 0.4) is 0 Å². The van der Waals surface area contributed by atoms with Gasteiger partial charge in [0.15, 0.2) is 5.78 Å². The Balaban J connectivity index is 5.82. The van der Waals surface area contributed by atoms with Crippen molar-refractivity contribution in [1.29, 1.82) is 0 Å². The zero-order valence-electron chi connectivity index (χ0n) is 9.70. The molecule has 0 bridgehead atoms. The van der Waals surface area contributed by atoms with E-state index in [0.717, 1.165) is 0 Å². The number of halogens is 7. The Hall–Kier alpha value is -1.28. The summed E-state index contributed by atoms with van der Waals surface area (Å²) in [6.07, 6.45) is -14.3. The van der Waals surface area contributed by atoms with Gasteiger partial charge in [-0.3, -0.25) is 9.18 Å². The molecule has 0 unspecified atom stereocenters. The Morgan fingerprint density at radius 1 is 1.11 bits per heavy atom. The quantitative estimate of drug-likeness (QED) is 0.475. The predicted molar refractivity (Wildman–Crippen MR) is 51.1 cm³/mol. The number of hydrogen-bond donors (Lipinski definition) is 1. The highest BCUT2D eigenvalue weighted by molar-refractivity contribution is 5.90. The predicted octanol–water partition coefficient (Wildman–Crippen LogP) is 3.88. The van der Waals surface area contributed by atoms with Gasteiger partial charge in [0.05, 0.1) is 6.67 Å². The Labute approximate surface area is 103 Å². The van der Waals surface area contributed by atoms with Crippen LogP contribution in [0.25, 0.3) is 0 Å². The molecule has 0 atom stereocenters. The fraction of sp³-hybridized carbons (Fsp3) is 0.700. The lowest BCUT2D eigenvalue weighted by Gasteiger charge is -2.35. The highest BCUT2D eigenvalue weighted by Gasteiger charge is 2.72. The van der Waals surface area contributed by atoms with Gasteiger partial charge in [-0.05, 0) is 6.42 Å². The van der Waals surface area contributed by atoms with Crippen LogP contribution < -0.4 is 0 Å². The molecule has 0 heterocycles. The summed E-state index contributed by atoms with van der Waals surface area (Å²) in [7, 11) is 0. The lowest BCUT2D eigenvalue weighted by molar-refractivity contribution is -0.334. The number of carbonyl (C=O) groups is 1.